The zero-order chi connectivity index (χ0) is 15.6. The van der Waals surface area contributed by atoms with Gasteiger partial charge in [0.2, 0.25) is 10.0 Å². The largest absolute Gasteiger partial charge is 0.392 e. The number of methoxy groups -OCH3 is 1. The molecular weight excluding hydrogens is 325 g/mol. The molecule has 0 aliphatic heterocycles. The molecule has 0 aromatic heterocycles. The summed E-state index contributed by atoms with van der Waals surface area (Å²) in [6.07, 6.45) is 0. The third-order valence-corrected chi connectivity index (χ3v) is 4.98. The first-order valence-electron chi connectivity index (χ1n) is 5.76. The maximum atomic E-state index is 12.2. The van der Waals surface area contributed by atoms with Gasteiger partial charge in [0.05, 0.1) is 17.2 Å². The SMILES string of the molecule is COC(C)(C)CNS(=O)(=O)c1cc(Cl)cc(CO)c1Cl. The molecule has 20 heavy (non-hydrogen) atoms. The van der Waals surface area contributed by atoms with Crippen molar-refractivity contribution in [3.63, 3.8) is 0 Å². The van der Waals surface area contributed by atoms with Crippen LogP contribution in [0.1, 0.15) is 19.4 Å². The van der Waals surface area contributed by atoms with Crippen LogP contribution < -0.4 is 4.72 Å². The minimum Gasteiger partial charge on any atom is -0.392 e. The van der Waals surface area contributed by atoms with Crippen LogP contribution in [-0.4, -0.2) is 32.8 Å². The third kappa shape index (κ3) is 4.31. The number of hydrogen-bond donors (Lipinski definition) is 2. The van der Waals surface area contributed by atoms with E-state index in [4.69, 9.17) is 33.0 Å². The van der Waals surface area contributed by atoms with Crippen LogP contribution in [-0.2, 0) is 21.4 Å². The average Bonchev–Trinajstić information content (AvgIpc) is 2.39. The Hall–Kier alpha value is -0.370. The highest BCUT2D eigenvalue weighted by molar-refractivity contribution is 7.89. The van der Waals surface area contributed by atoms with Crippen molar-refractivity contribution in [3.05, 3.63) is 27.7 Å². The van der Waals surface area contributed by atoms with Crippen molar-refractivity contribution in [3.8, 4) is 0 Å². The van der Waals surface area contributed by atoms with Gasteiger partial charge in [-0.05, 0) is 31.5 Å². The van der Waals surface area contributed by atoms with E-state index in [9.17, 15) is 8.42 Å². The summed E-state index contributed by atoms with van der Waals surface area (Å²) in [6, 6.07) is 2.66. The van der Waals surface area contributed by atoms with Crippen LogP contribution in [0, 0.1) is 0 Å². The van der Waals surface area contributed by atoms with E-state index in [1.807, 2.05) is 0 Å². The fourth-order valence-electron chi connectivity index (χ4n) is 1.35. The molecule has 0 saturated carbocycles. The quantitative estimate of drug-likeness (QED) is 0.831. The lowest BCUT2D eigenvalue weighted by Crippen LogP contribution is -2.39. The molecule has 0 spiro atoms. The number of nitrogens with one attached hydrogen (secondary N) is 1. The zero-order valence-electron chi connectivity index (χ0n) is 11.4. The Kier molecular flexibility index (Phi) is 5.83. The predicted molar refractivity (Wildman–Crippen MR) is 78.7 cm³/mol. The summed E-state index contributed by atoms with van der Waals surface area (Å²) in [7, 11) is -2.36. The number of halogens is 2. The Morgan fingerprint density at radius 2 is 1.95 bits per heavy atom. The molecule has 0 bridgehead atoms. The number of benzene rings is 1. The molecule has 1 rings (SSSR count). The second-order valence-electron chi connectivity index (χ2n) is 4.82. The topological polar surface area (TPSA) is 75.6 Å². The molecule has 1 aromatic carbocycles. The van der Waals surface area contributed by atoms with E-state index < -0.39 is 22.2 Å². The van der Waals surface area contributed by atoms with Gasteiger partial charge in [0.15, 0.2) is 0 Å². The van der Waals surface area contributed by atoms with E-state index in [0.29, 0.717) is 0 Å². The van der Waals surface area contributed by atoms with E-state index in [1.54, 1.807) is 13.8 Å². The van der Waals surface area contributed by atoms with Crippen LogP contribution in [0.25, 0.3) is 0 Å². The van der Waals surface area contributed by atoms with Crippen molar-refractivity contribution in [2.75, 3.05) is 13.7 Å². The van der Waals surface area contributed by atoms with Crippen LogP contribution in [0.15, 0.2) is 17.0 Å². The molecule has 8 heteroatoms. The number of rotatable bonds is 6. The summed E-state index contributed by atoms with van der Waals surface area (Å²) < 4.78 is 32.0. The van der Waals surface area contributed by atoms with E-state index >= 15 is 0 Å². The summed E-state index contributed by atoms with van der Waals surface area (Å²) in [5.41, 5.74) is -0.400. The molecule has 0 heterocycles. The average molecular weight is 342 g/mol. The fourth-order valence-corrected chi connectivity index (χ4v) is 3.47. The molecule has 1 aromatic rings. The van der Waals surface area contributed by atoms with Crippen LogP contribution in [0.4, 0.5) is 0 Å². The van der Waals surface area contributed by atoms with Gasteiger partial charge in [-0.2, -0.15) is 0 Å². The number of ether oxygens (including phenoxy) is 1. The molecule has 0 saturated heterocycles. The fraction of sp³-hybridized carbons (Fsp3) is 0.500. The summed E-state index contributed by atoms with van der Waals surface area (Å²) in [5.74, 6) is 0. The van der Waals surface area contributed by atoms with E-state index in [2.05, 4.69) is 4.72 Å². The first-order valence-corrected chi connectivity index (χ1v) is 8.00. The van der Waals surface area contributed by atoms with Crippen molar-refractivity contribution >= 4 is 33.2 Å². The van der Waals surface area contributed by atoms with Crippen molar-refractivity contribution in [1.82, 2.24) is 4.72 Å². The van der Waals surface area contributed by atoms with E-state index in [1.165, 1.54) is 19.2 Å². The van der Waals surface area contributed by atoms with Crippen molar-refractivity contribution in [1.29, 1.82) is 0 Å². The van der Waals surface area contributed by atoms with Gasteiger partial charge in [0.25, 0.3) is 0 Å². The molecule has 0 amide bonds. The molecule has 0 unspecified atom stereocenters. The van der Waals surface area contributed by atoms with Crippen LogP contribution in [0.5, 0.6) is 0 Å². The van der Waals surface area contributed by atoms with Gasteiger partial charge in [0.1, 0.15) is 4.90 Å². The highest BCUT2D eigenvalue weighted by Crippen LogP contribution is 2.29. The molecule has 5 nitrogen and oxygen atoms in total. The lowest BCUT2D eigenvalue weighted by atomic mass is 10.1. The number of aliphatic hydroxyl groups is 1. The van der Waals surface area contributed by atoms with Crippen LogP contribution in [0.2, 0.25) is 10.0 Å². The third-order valence-electron chi connectivity index (χ3n) is 2.78. The van der Waals surface area contributed by atoms with Crippen LogP contribution >= 0.6 is 23.2 Å². The smallest absolute Gasteiger partial charge is 0.242 e. The summed E-state index contributed by atoms with van der Waals surface area (Å²) >= 11 is 11.8. The summed E-state index contributed by atoms with van der Waals surface area (Å²) in [6.45, 7) is 3.16. The monoisotopic (exact) mass is 341 g/mol. The molecule has 2 N–H and O–H groups in total. The van der Waals surface area contributed by atoms with Gasteiger partial charge in [-0.1, -0.05) is 23.2 Å². The number of aliphatic hydroxyl groups excluding tert-OH is 1. The summed E-state index contributed by atoms with van der Waals surface area (Å²) in [4.78, 5) is -0.164. The van der Waals surface area contributed by atoms with Crippen molar-refractivity contribution < 1.29 is 18.3 Å². The van der Waals surface area contributed by atoms with Crippen LogP contribution in [0.3, 0.4) is 0 Å². The summed E-state index contributed by atoms with van der Waals surface area (Å²) in [5, 5.41) is 9.29. The van der Waals surface area contributed by atoms with Gasteiger partial charge in [-0.3, -0.25) is 0 Å². The molecule has 0 fully saturated rings. The van der Waals surface area contributed by atoms with Crippen molar-refractivity contribution in [2.24, 2.45) is 0 Å². The molecule has 0 atom stereocenters. The second kappa shape index (κ2) is 6.60. The van der Waals surface area contributed by atoms with E-state index in [-0.39, 0.29) is 27.0 Å². The number of hydrogen-bond acceptors (Lipinski definition) is 4. The van der Waals surface area contributed by atoms with Gasteiger partial charge in [-0.15, -0.1) is 0 Å². The molecule has 0 radical (unpaired) electrons. The Morgan fingerprint density at radius 3 is 2.45 bits per heavy atom. The van der Waals surface area contributed by atoms with Crippen molar-refractivity contribution in [2.45, 2.75) is 31.0 Å². The Labute approximate surface area is 128 Å². The molecular formula is C12H17Cl2NO4S. The first-order chi connectivity index (χ1) is 9.13. The van der Waals surface area contributed by atoms with Gasteiger partial charge in [0, 0.05) is 18.7 Å². The first kappa shape index (κ1) is 17.7. The zero-order valence-corrected chi connectivity index (χ0v) is 13.7. The molecule has 0 aliphatic carbocycles. The van der Waals surface area contributed by atoms with E-state index in [0.717, 1.165) is 0 Å². The maximum absolute atomic E-state index is 12.2. The van der Waals surface area contributed by atoms with Gasteiger partial charge in [-0.25, -0.2) is 13.1 Å². The minimum atomic E-state index is -3.85. The molecule has 114 valence electrons. The predicted octanol–water partition coefficient (Wildman–Crippen LogP) is 2.19. The number of sulfonamides is 1. The maximum Gasteiger partial charge on any atom is 0.242 e. The van der Waals surface area contributed by atoms with Gasteiger partial charge >= 0.3 is 0 Å². The Bertz CT molecular complexity index is 587. The lowest BCUT2D eigenvalue weighted by molar-refractivity contribution is 0.0276. The lowest BCUT2D eigenvalue weighted by Gasteiger charge is -2.23. The minimum absolute atomic E-state index is 0.0420. The second-order valence-corrected chi connectivity index (χ2v) is 7.37. The van der Waals surface area contributed by atoms with Gasteiger partial charge < -0.3 is 9.84 Å². The normalized spacial score (nSPS) is 12.7. The highest BCUT2D eigenvalue weighted by Gasteiger charge is 2.25. The standard InChI is InChI=1S/C12H17Cl2NO4S/c1-12(2,19-3)7-15-20(17,18)10-5-9(13)4-8(6-16)11(10)14/h4-5,15-16H,6-7H2,1-3H3. The Balaban J connectivity index is 3.13. The molecule has 0 aliphatic rings. The highest BCUT2D eigenvalue weighted by atomic mass is 35.5. The Morgan fingerprint density at radius 1 is 1.35 bits per heavy atom.